The van der Waals surface area contributed by atoms with Gasteiger partial charge in [-0.3, -0.25) is 14.4 Å². The van der Waals surface area contributed by atoms with Crippen LogP contribution in [0, 0.1) is 13.8 Å². The minimum Gasteiger partial charge on any atom is -0.344 e. The number of fused-ring (bicyclic) bond motifs is 1. The molecular formula is C28H28ClN3O3. The fraction of sp³-hybridized carbons (Fsp3) is 0.250. The van der Waals surface area contributed by atoms with Crippen molar-refractivity contribution in [1.82, 2.24) is 5.32 Å². The Bertz CT molecular complexity index is 1260. The molecule has 1 aliphatic rings. The topological polar surface area (TPSA) is 78.5 Å². The highest BCUT2D eigenvalue weighted by Gasteiger charge is 2.35. The Morgan fingerprint density at radius 3 is 2.34 bits per heavy atom. The number of likely N-dealkylation sites (N-methyl/N-ethyl adjacent to an activating group) is 1. The van der Waals surface area contributed by atoms with E-state index in [4.69, 9.17) is 11.6 Å². The molecule has 2 atom stereocenters. The number of nitrogens with one attached hydrogen (secondary N) is 2. The highest BCUT2D eigenvalue weighted by Crippen LogP contribution is 2.39. The lowest BCUT2D eigenvalue weighted by Gasteiger charge is -2.25. The number of nitrogens with zero attached hydrogens (tertiary/aromatic N) is 1. The molecule has 35 heavy (non-hydrogen) atoms. The SMILES string of the molecule is Cc1ccc(C)c2c1NC(=O)C2CC(=O)N[C@@H](Cc1ccccc1)C(=O)N(C)c1ccc(Cl)cc1. The monoisotopic (exact) mass is 489 g/mol. The summed E-state index contributed by atoms with van der Waals surface area (Å²) >= 11 is 5.99. The van der Waals surface area contributed by atoms with E-state index in [-0.39, 0.29) is 24.1 Å². The zero-order chi connectivity index (χ0) is 25.1. The first-order chi connectivity index (χ1) is 16.7. The molecule has 7 heteroatoms. The van der Waals surface area contributed by atoms with E-state index in [0.717, 1.165) is 27.9 Å². The zero-order valence-electron chi connectivity index (χ0n) is 20.0. The predicted octanol–water partition coefficient (Wildman–Crippen LogP) is 4.77. The van der Waals surface area contributed by atoms with Gasteiger partial charge in [0, 0.05) is 36.3 Å². The normalized spacial score (nSPS) is 15.2. The van der Waals surface area contributed by atoms with Gasteiger partial charge in [-0.1, -0.05) is 54.1 Å². The molecule has 1 heterocycles. The molecule has 1 aliphatic heterocycles. The third kappa shape index (κ3) is 5.38. The van der Waals surface area contributed by atoms with E-state index < -0.39 is 12.0 Å². The van der Waals surface area contributed by atoms with Crippen molar-refractivity contribution in [3.8, 4) is 0 Å². The molecule has 0 spiro atoms. The predicted molar refractivity (Wildman–Crippen MR) is 139 cm³/mol. The summed E-state index contributed by atoms with van der Waals surface area (Å²) in [5.74, 6) is -1.39. The van der Waals surface area contributed by atoms with Crippen molar-refractivity contribution in [2.75, 3.05) is 17.3 Å². The van der Waals surface area contributed by atoms with Gasteiger partial charge in [-0.25, -0.2) is 0 Å². The van der Waals surface area contributed by atoms with E-state index in [0.29, 0.717) is 17.1 Å². The second-order valence-electron chi connectivity index (χ2n) is 8.92. The fourth-order valence-corrected chi connectivity index (χ4v) is 4.62. The summed E-state index contributed by atoms with van der Waals surface area (Å²) in [4.78, 5) is 40.9. The number of carbonyl (C=O) groups is 3. The first kappa shape index (κ1) is 24.5. The first-order valence-electron chi connectivity index (χ1n) is 11.5. The summed E-state index contributed by atoms with van der Waals surface area (Å²) in [5, 5.41) is 6.39. The number of hydrogen-bond acceptors (Lipinski definition) is 3. The lowest BCUT2D eigenvalue weighted by molar-refractivity contribution is -0.128. The van der Waals surface area contributed by atoms with E-state index in [1.165, 1.54) is 4.90 Å². The van der Waals surface area contributed by atoms with Crippen molar-refractivity contribution in [3.05, 3.63) is 94.0 Å². The lowest BCUT2D eigenvalue weighted by atomic mass is 9.91. The summed E-state index contributed by atoms with van der Waals surface area (Å²) < 4.78 is 0. The summed E-state index contributed by atoms with van der Waals surface area (Å²) in [5.41, 5.74) is 5.15. The van der Waals surface area contributed by atoms with E-state index in [9.17, 15) is 14.4 Å². The molecule has 0 fully saturated rings. The molecule has 0 bridgehead atoms. The lowest BCUT2D eigenvalue weighted by Crippen LogP contribution is -2.49. The van der Waals surface area contributed by atoms with Crippen molar-refractivity contribution in [3.63, 3.8) is 0 Å². The van der Waals surface area contributed by atoms with Gasteiger partial charge in [-0.05, 0) is 60.4 Å². The summed E-state index contributed by atoms with van der Waals surface area (Å²) in [6.45, 7) is 3.87. The molecule has 180 valence electrons. The highest BCUT2D eigenvalue weighted by molar-refractivity contribution is 6.30. The Balaban J connectivity index is 1.55. The van der Waals surface area contributed by atoms with Gasteiger partial charge in [0.2, 0.25) is 17.7 Å². The average Bonchev–Trinajstić information content (AvgIpc) is 3.18. The van der Waals surface area contributed by atoms with E-state index in [2.05, 4.69) is 10.6 Å². The molecule has 3 amide bonds. The number of amides is 3. The maximum atomic E-state index is 13.5. The Morgan fingerprint density at radius 1 is 1.00 bits per heavy atom. The van der Waals surface area contributed by atoms with Crippen LogP contribution in [0.25, 0.3) is 0 Å². The van der Waals surface area contributed by atoms with Crippen LogP contribution in [0.5, 0.6) is 0 Å². The maximum absolute atomic E-state index is 13.5. The van der Waals surface area contributed by atoms with E-state index in [1.54, 1.807) is 31.3 Å². The second kappa shape index (κ2) is 10.3. The van der Waals surface area contributed by atoms with Crippen LogP contribution >= 0.6 is 11.6 Å². The minimum atomic E-state index is -0.798. The molecule has 0 radical (unpaired) electrons. The van der Waals surface area contributed by atoms with Gasteiger partial charge < -0.3 is 15.5 Å². The highest BCUT2D eigenvalue weighted by atomic mass is 35.5. The molecule has 0 saturated heterocycles. The van der Waals surface area contributed by atoms with Gasteiger partial charge in [0.1, 0.15) is 6.04 Å². The largest absolute Gasteiger partial charge is 0.344 e. The van der Waals surface area contributed by atoms with Gasteiger partial charge >= 0.3 is 0 Å². The smallest absolute Gasteiger partial charge is 0.249 e. The molecule has 0 aliphatic carbocycles. The van der Waals surface area contributed by atoms with Crippen LogP contribution in [0.15, 0.2) is 66.7 Å². The Labute approximate surface area is 210 Å². The van der Waals surface area contributed by atoms with Crippen LogP contribution in [0.1, 0.15) is 34.6 Å². The van der Waals surface area contributed by atoms with Crippen molar-refractivity contribution in [2.45, 2.75) is 38.6 Å². The van der Waals surface area contributed by atoms with Gasteiger partial charge in [0.15, 0.2) is 0 Å². The molecule has 0 saturated carbocycles. The van der Waals surface area contributed by atoms with Gasteiger partial charge in [0.25, 0.3) is 0 Å². The number of carbonyl (C=O) groups excluding carboxylic acids is 3. The third-order valence-corrected chi connectivity index (χ3v) is 6.69. The van der Waals surface area contributed by atoms with Gasteiger partial charge in [0.05, 0.1) is 5.92 Å². The van der Waals surface area contributed by atoms with Crippen molar-refractivity contribution in [1.29, 1.82) is 0 Å². The molecule has 6 nitrogen and oxygen atoms in total. The fourth-order valence-electron chi connectivity index (χ4n) is 4.50. The van der Waals surface area contributed by atoms with Crippen LogP contribution in [0.2, 0.25) is 5.02 Å². The molecule has 1 unspecified atom stereocenters. The molecule has 2 N–H and O–H groups in total. The Hall–Kier alpha value is -3.64. The summed E-state index contributed by atoms with van der Waals surface area (Å²) in [6.07, 6.45) is 0.293. The second-order valence-corrected chi connectivity index (χ2v) is 9.35. The number of halogens is 1. The van der Waals surface area contributed by atoms with Crippen LogP contribution in [0.3, 0.4) is 0 Å². The Kier molecular flexibility index (Phi) is 7.22. The van der Waals surface area contributed by atoms with Crippen LogP contribution < -0.4 is 15.5 Å². The summed E-state index contributed by atoms with van der Waals surface area (Å²) in [7, 11) is 1.67. The van der Waals surface area contributed by atoms with Crippen LogP contribution in [-0.4, -0.2) is 30.8 Å². The molecule has 3 aromatic carbocycles. The number of hydrogen-bond donors (Lipinski definition) is 2. The maximum Gasteiger partial charge on any atom is 0.249 e. The number of benzene rings is 3. The van der Waals surface area contributed by atoms with Crippen molar-refractivity contribution >= 4 is 40.7 Å². The zero-order valence-corrected chi connectivity index (χ0v) is 20.7. The number of rotatable bonds is 7. The standard InChI is InChI=1S/C28H28ClN3O3/c1-17-9-10-18(2)26-25(17)22(27(34)31-26)16-24(33)30-23(15-19-7-5-4-6-8-19)28(35)32(3)21-13-11-20(29)12-14-21/h4-14,22-23H,15-16H2,1-3H3,(H,30,33)(H,31,34)/t22?,23-/m0/s1. The number of aryl methyl sites for hydroxylation is 2. The molecule has 4 rings (SSSR count). The van der Waals surface area contributed by atoms with Crippen molar-refractivity contribution in [2.24, 2.45) is 0 Å². The van der Waals surface area contributed by atoms with Crippen LogP contribution in [-0.2, 0) is 20.8 Å². The Morgan fingerprint density at radius 2 is 1.66 bits per heavy atom. The summed E-state index contributed by atoms with van der Waals surface area (Å²) in [6, 6.07) is 19.6. The molecular weight excluding hydrogens is 462 g/mol. The quantitative estimate of drug-likeness (QED) is 0.501. The third-order valence-electron chi connectivity index (χ3n) is 6.43. The molecule has 0 aromatic heterocycles. The van der Waals surface area contributed by atoms with Crippen LogP contribution in [0.4, 0.5) is 11.4 Å². The van der Waals surface area contributed by atoms with E-state index >= 15 is 0 Å². The van der Waals surface area contributed by atoms with E-state index in [1.807, 2.05) is 56.3 Å². The average molecular weight is 490 g/mol. The van der Waals surface area contributed by atoms with Crippen molar-refractivity contribution < 1.29 is 14.4 Å². The minimum absolute atomic E-state index is 0.0354. The van der Waals surface area contributed by atoms with Gasteiger partial charge in [-0.2, -0.15) is 0 Å². The molecule has 3 aromatic rings. The number of anilines is 2. The first-order valence-corrected chi connectivity index (χ1v) is 11.9. The van der Waals surface area contributed by atoms with Gasteiger partial charge in [-0.15, -0.1) is 0 Å².